The van der Waals surface area contributed by atoms with Gasteiger partial charge in [0, 0.05) is 6.61 Å². The van der Waals surface area contributed by atoms with Crippen LogP contribution >= 0.6 is 0 Å². The van der Waals surface area contributed by atoms with Crippen molar-refractivity contribution in [2.24, 2.45) is 0 Å². The predicted octanol–water partition coefficient (Wildman–Crippen LogP) is 4.74. The summed E-state index contributed by atoms with van der Waals surface area (Å²) in [4.78, 5) is 0. The Labute approximate surface area is 144 Å². The fourth-order valence-electron chi connectivity index (χ4n) is 2.87. The van der Waals surface area contributed by atoms with Crippen molar-refractivity contribution in [1.29, 1.82) is 0 Å². The summed E-state index contributed by atoms with van der Waals surface area (Å²) >= 11 is 0. The molecule has 0 radical (unpaired) electrons. The molecule has 1 aliphatic heterocycles. The molecule has 3 nitrogen and oxygen atoms in total. The Hall–Kier alpha value is -1.84. The third-order valence-corrected chi connectivity index (χ3v) is 4.20. The first-order valence-electron chi connectivity index (χ1n) is 8.89. The van der Waals surface area contributed by atoms with E-state index in [4.69, 9.17) is 14.2 Å². The maximum atomic E-state index is 5.88. The van der Waals surface area contributed by atoms with Crippen LogP contribution in [0.4, 0.5) is 0 Å². The second kappa shape index (κ2) is 9.45. The van der Waals surface area contributed by atoms with Crippen molar-refractivity contribution in [3.8, 4) is 5.75 Å². The van der Waals surface area contributed by atoms with Gasteiger partial charge in [0.2, 0.25) is 0 Å². The summed E-state index contributed by atoms with van der Waals surface area (Å²) in [5.74, 6) is 0.924. The molecule has 0 N–H and O–H groups in total. The normalized spacial score (nSPS) is 17.6. The van der Waals surface area contributed by atoms with Gasteiger partial charge < -0.3 is 14.2 Å². The van der Waals surface area contributed by atoms with Crippen molar-refractivity contribution in [2.75, 3.05) is 13.2 Å². The third kappa shape index (κ3) is 5.66. The van der Waals surface area contributed by atoms with E-state index >= 15 is 0 Å². The molecule has 0 bridgehead atoms. The van der Waals surface area contributed by atoms with Gasteiger partial charge in [0.1, 0.15) is 12.4 Å². The summed E-state index contributed by atoms with van der Waals surface area (Å²) in [7, 11) is 0. The molecule has 128 valence electrons. The lowest BCUT2D eigenvalue weighted by atomic mass is 10.1. The van der Waals surface area contributed by atoms with E-state index < -0.39 is 0 Å². The van der Waals surface area contributed by atoms with E-state index in [1.54, 1.807) is 0 Å². The molecular formula is C21H26O3. The van der Waals surface area contributed by atoms with Gasteiger partial charge in [0.05, 0.1) is 6.61 Å². The summed E-state index contributed by atoms with van der Waals surface area (Å²) in [6.45, 7) is 2.19. The van der Waals surface area contributed by atoms with E-state index in [1.165, 1.54) is 17.5 Å². The van der Waals surface area contributed by atoms with Gasteiger partial charge in [-0.05, 0) is 55.4 Å². The summed E-state index contributed by atoms with van der Waals surface area (Å²) in [6.07, 6.45) is 5.42. The van der Waals surface area contributed by atoms with E-state index in [2.05, 4.69) is 30.3 Å². The van der Waals surface area contributed by atoms with Crippen LogP contribution in [0.1, 0.15) is 36.8 Å². The van der Waals surface area contributed by atoms with Gasteiger partial charge in [-0.1, -0.05) is 42.5 Å². The first-order chi connectivity index (χ1) is 11.9. The van der Waals surface area contributed by atoms with Crippen molar-refractivity contribution in [1.82, 2.24) is 0 Å². The quantitative estimate of drug-likeness (QED) is 0.656. The van der Waals surface area contributed by atoms with Gasteiger partial charge in [-0.15, -0.1) is 0 Å². The fraction of sp³-hybridized carbons (Fsp3) is 0.429. The van der Waals surface area contributed by atoms with Crippen LogP contribution in [0.5, 0.6) is 5.75 Å². The van der Waals surface area contributed by atoms with Crippen LogP contribution in [0.15, 0.2) is 54.6 Å². The molecule has 0 aromatic heterocycles. The van der Waals surface area contributed by atoms with Crippen molar-refractivity contribution in [3.05, 3.63) is 65.7 Å². The maximum absolute atomic E-state index is 5.88. The van der Waals surface area contributed by atoms with Gasteiger partial charge in [-0.25, -0.2) is 0 Å². The smallest absolute Gasteiger partial charge is 0.157 e. The number of aryl methyl sites for hydroxylation is 1. The predicted molar refractivity (Wildman–Crippen MR) is 95.1 cm³/mol. The van der Waals surface area contributed by atoms with Gasteiger partial charge in [0.25, 0.3) is 0 Å². The Morgan fingerprint density at radius 2 is 1.83 bits per heavy atom. The molecular weight excluding hydrogens is 300 g/mol. The lowest BCUT2D eigenvalue weighted by Crippen LogP contribution is -2.22. The highest BCUT2D eigenvalue weighted by atomic mass is 16.7. The second-order valence-electron chi connectivity index (χ2n) is 6.19. The molecule has 0 aliphatic carbocycles. The number of hydrogen-bond acceptors (Lipinski definition) is 3. The summed E-state index contributed by atoms with van der Waals surface area (Å²) in [6, 6.07) is 18.6. The fourth-order valence-corrected chi connectivity index (χ4v) is 2.87. The Balaban J connectivity index is 1.39. The second-order valence-corrected chi connectivity index (χ2v) is 6.19. The van der Waals surface area contributed by atoms with E-state index in [9.17, 15) is 0 Å². The molecule has 24 heavy (non-hydrogen) atoms. The molecule has 1 aliphatic rings. The summed E-state index contributed by atoms with van der Waals surface area (Å²) < 4.78 is 17.3. The van der Waals surface area contributed by atoms with Crippen molar-refractivity contribution >= 4 is 0 Å². The van der Waals surface area contributed by atoms with Crippen LogP contribution in [0, 0.1) is 0 Å². The van der Waals surface area contributed by atoms with Crippen LogP contribution in [-0.2, 0) is 22.5 Å². The number of ether oxygens (including phenoxy) is 3. The molecule has 1 fully saturated rings. The molecule has 1 saturated heterocycles. The zero-order valence-corrected chi connectivity index (χ0v) is 14.2. The molecule has 0 amide bonds. The molecule has 2 aromatic rings. The lowest BCUT2D eigenvalue weighted by Gasteiger charge is -2.22. The van der Waals surface area contributed by atoms with Gasteiger partial charge in [-0.2, -0.15) is 0 Å². The zero-order valence-electron chi connectivity index (χ0n) is 14.2. The Morgan fingerprint density at radius 1 is 0.958 bits per heavy atom. The highest BCUT2D eigenvalue weighted by Crippen LogP contribution is 2.17. The van der Waals surface area contributed by atoms with E-state index in [1.807, 2.05) is 24.3 Å². The molecule has 0 spiro atoms. The molecule has 0 saturated carbocycles. The third-order valence-electron chi connectivity index (χ3n) is 4.20. The highest BCUT2D eigenvalue weighted by Gasteiger charge is 2.13. The van der Waals surface area contributed by atoms with Crippen molar-refractivity contribution in [3.63, 3.8) is 0 Å². The molecule has 1 atom stereocenters. The topological polar surface area (TPSA) is 27.7 Å². The molecule has 1 unspecified atom stereocenters. The molecule has 3 rings (SSSR count). The minimum absolute atomic E-state index is 0.0132. The summed E-state index contributed by atoms with van der Waals surface area (Å²) in [5.41, 5.74) is 2.47. The number of benzene rings is 2. The highest BCUT2D eigenvalue weighted by molar-refractivity contribution is 5.29. The minimum Gasteiger partial charge on any atom is -0.489 e. The first kappa shape index (κ1) is 17.0. The Bertz CT molecular complexity index is 591. The number of rotatable bonds is 8. The van der Waals surface area contributed by atoms with Crippen LogP contribution in [0.3, 0.4) is 0 Å². The van der Waals surface area contributed by atoms with E-state index in [0.29, 0.717) is 6.61 Å². The Kier molecular flexibility index (Phi) is 6.70. The summed E-state index contributed by atoms with van der Waals surface area (Å²) in [5, 5.41) is 0. The van der Waals surface area contributed by atoms with Crippen LogP contribution < -0.4 is 4.74 Å². The van der Waals surface area contributed by atoms with Crippen molar-refractivity contribution < 1.29 is 14.2 Å². The number of hydrogen-bond donors (Lipinski definition) is 0. The lowest BCUT2D eigenvalue weighted by molar-refractivity contribution is -0.162. The average molecular weight is 326 g/mol. The standard InChI is InChI=1S/C21H26O3/c1-2-8-19(9-3-1)17-24-20-12-6-10-18(16-20)11-7-15-23-21-13-4-5-14-22-21/h1-3,6,8-10,12,16,21H,4-5,7,11,13-15,17H2. The monoisotopic (exact) mass is 326 g/mol. The molecule has 2 aromatic carbocycles. The van der Waals surface area contributed by atoms with Gasteiger partial charge in [-0.3, -0.25) is 0 Å². The zero-order chi connectivity index (χ0) is 16.5. The van der Waals surface area contributed by atoms with Crippen LogP contribution in [-0.4, -0.2) is 19.5 Å². The Morgan fingerprint density at radius 3 is 2.67 bits per heavy atom. The van der Waals surface area contributed by atoms with Crippen LogP contribution in [0.25, 0.3) is 0 Å². The maximum Gasteiger partial charge on any atom is 0.157 e. The average Bonchev–Trinajstić information content (AvgIpc) is 2.66. The van der Waals surface area contributed by atoms with Gasteiger partial charge in [0.15, 0.2) is 6.29 Å². The molecule has 1 heterocycles. The van der Waals surface area contributed by atoms with Gasteiger partial charge >= 0.3 is 0 Å². The van der Waals surface area contributed by atoms with E-state index in [-0.39, 0.29) is 6.29 Å². The first-order valence-corrected chi connectivity index (χ1v) is 8.89. The minimum atomic E-state index is 0.0132. The molecule has 3 heteroatoms. The van der Waals surface area contributed by atoms with E-state index in [0.717, 1.165) is 44.6 Å². The van der Waals surface area contributed by atoms with Crippen LogP contribution in [0.2, 0.25) is 0 Å². The van der Waals surface area contributed by atoms with Crippen molar-refractivity contribution in [2.45, 2.75) is 45.0 Å². The largest absolute Gasteiger partial charge is 0.489 e. The SMILES string of the molecule is c1ccc(COc2cccc(CCCOC3CCCCO3)c2)cc1.